The molecular weight excluding hydrogens is 228 g/mol. The fraction of sp³-hybridized carbons (Fsp3) is 0.583. The lowest BCUT2D eigenvalue weighted by atomic mass is 10.2. The van der Waals surface area contributed by atoms with Crippen molar-refractivity contribution in [2.24, 2.45) is 0 Å². The molecule has 0 aliphatic carbocycles. The fourth-order valence-corrected chi connectivity index (χ4v) is 1.86. The Kier molecular flexibility index (Phi) is 3.96. The van der Waals surface area contributed by atoms with Gasteiger partial charge in [-0.15, -0.1) is 0 Å². The zero-order valence-corrected chi connectivity index (χ0v) is 11.1. The highest BCUT2D eigenvalue weighted by Crippen LogP contribution is 2.20. The number of hydrogen-bond donors (Lipinski definition) is 3. The van der Waals surface area contributed by atoms with Gasteiger partial charge in [0.2, 0.25) is 5.95 Å². The maximum Gasteiger partial charge on any atom is 0.226 e. The van der Waals surface area contributed by atoms with Crippen molar-refractivity contribution in [3.63, 3.8) is 0 Å². The van der Waals surface area contributed by atoms with Gasteiger partial charge in [-0.1, -0.05) is 13.8 Å². The molecule has 2 aromatic heterocycles. The molecule has 2 aromatic rings. The number of rotatable bonds is 6. The Morgan fingerprint density at radius 3 is 2.67 bits per heavy atom. The Morgan fingerprint density at radius 1 is 1.22 bits per heavy atom. The van der Waals surface area contributed by atoms with E-state index < -0.39 is 0 Å². The number of fused-ring (bicyclic) bond motifs is 1. The molecular formula is C12H20N6. The molecule has 2 heterocycles. The summed E-state index contributed by atoms with van der Waals surface area (Å²) >= 11 is 0. The van der Waals surface area contributed by atoms with E-state index in [1.54, 1.807) is 6.33 Å². The van der Waals surface area contributed by atoms with Crippen LogP contribution in [0.2, 0.25) is 0 Å². The maximum atomic E-state index is 4.49. The van der Waals surface area contributed by atoms with Gasteiger partial charge in [0, 0.05) is 12.6 Å². The third kappa shape index (κ3) is 2.52. The maximum absolute atomic E-state index is 4.49. The van der Waals surface area contributed by atoms with Gasteiger partial charge in [0.25, 0.3) is 0 Å². The topological polar surface area (TPSA) is 78.5 Å². The SMILES string of the molecule is CCNc1nc(NC(CC)CC)c2[nH]cnc2n1. The summed E-state index contributed by atoms with van der Waals surface area (Å²) in [4.78, 5) is 16.1. The van der Waals surface area contributed by atoms with Gasteiger partial charge in [0.05, 0.1) is 6.33 Å². The summed E-state index contributed by atoms with van der Waals surface area (Å²) in [6.45, 7) is 7.14. The molecule has 0 spiro atoms. The second kappa shape index (κ2) is 5.66. The molecule has 98 valence electrons. The number of anilines is 2. The number of hydrogen-bond acceptors (Lipinski definition) is 5. The van der Waals surface area contributed by atoms with Crippen LogP contribution in [0.25, 0.3) is 11.2 Å². The van der Waals surface area contributed by atoms with Crippen LogP contribution in [0, 0.1) is 0 Å². The van der Waals surface area contributed by atoms with Gasteiger partial charge in [-0.3, -0.25) is 0 Å². The fourth-order valence-electron chi connectivity index (χ4n) is 1.86. The largest absolute Gasteiger partial charge is 0.365 e. The van der Waals surface area contributed by atoms with Gasteiger partial charge < -0.3 is 15.6 Å². The smallest absolute Gasteiger partial charge is 0.226 e. The van der Waals surface area contributed by atoms with Crippen LogP contribution in [0.5, 0.6) is 0 Å². The van der Waals surface area contributed by atoms with Gasteiger partial charge in [0.15, 0.2) is 11.5 Å². The summed E-state index contributed by atoms with van der Waals surface area (Å²) in [5, 5.41) is 6.57. The van der Waals surface area contributed by atoms with Crippen molar-refractivity contribution in [1.29, 1.82) is 0 Å². The average Bonchev–Trinajstić information content (AvgIpc) is 2.84. The molecule has 0 aliphatic heterocycles. The number of aromatic amines is 1. The lowest BCUT2D eigenvalue weighted by Gasteiger charge is -2.16. The highest BCUT2D eigenvalue weighted by atomic mass is 15.2. The molecule has 6 nitrogen and oxygen atoms in total. The highest BCUT2D eigenvalue weighted by Gasteiger charge is 2.12. The molecule has 3 N–H and O–H groups in total. The zero-order chi connectivity index (χ0) is 13.0. The number of nitrogens with one attached hydrogen (secondary N) is 3. The lowest BCUT2D eigenvalue weighted by molar-refractivity contribution is 0.669. The number of imidazole rings is 1. The van der Waals surface area contributed by atoms with Gasteiger partial charge in [0.1, 0.15) is 5.52 Å². The van der Waals surface area contributed by atoms with Crippen LogP contribution < -0.4 is 10.6 Å². The normalized spacial score (nSPS) is 11.1. The third-order valence-corrected chi connectivity index (χ3v) is 2.95. The minimum Gasteiger partial charge on any atom is -0.365 e. The van der Waals surface area contributed by atoms with Crippen molar-refractivity contribution in [3.05, 3.63) is 6.33 Å². The van der Waals surface area contributed by atoms with Crippen LogP contribution in [-0.2, 0) is 0 Å². The summed E-state index contributed by atoms with van der Waals surface area (Å²) in [6.07, 6.45) is 3.77. The predicted octanol–water partition coefficient (Wildman–Crippen LogP) is 2.39. The Morgan fingerprint density at radius 2 is 2.00 bits per heavy atom. The molecule has 0 aromatic carbocycles. The minimum absolute atomic E-state index is 0.417. The van der Waals surface area contributed by atoms with Crippen LogP contribution >= 0.6 is 0 Å². The van der Waals surface area contributed by atoms with Crippen LogP contribution in [0.4, 0.5) is 11.8 Å². The van der Waals surface area contributed by atoms with Crippen molar-refractivity contribution < 1.29 is 0 Å². The Bertz CT molecular complexity index is 502. The molecule has 0 unspecified atom stereocenters. The number of aromatic nitrogens is 4. The molecule has 0 saturated heterocycles. The van der Waals surface area contributed by atoms with Crippen LogP contribution in [0.3, 0.4) is 0 Å². The summed E-state index contributed by atoms with van der Waals surface area (Å²) in [7, 11) is 0. The molecule has 2 rings (SSSR count). The molecule has 18 heavy (non-hydrogen) atoms. The first-order chi connectivity index (χ1) is 8.78. The highest BCUT2D eigenvalue weighted by molar-refractivity contribution is 5.83. The molecule has 0 saturated carbocycles. The second-order valence-electron chi connectivity index (χ2n) is 4.19. The zero-order valence-electron chi connectivity index (χ0n) is 11.1. The molecule has 6 heteroatoms. The van der Waals surface area contributed by atoms with E-state index in [-0.39, 0.29) is 0 Å². The predicted molar refractivity (Wildman–Crippen MR) is 73.8 cm³/mol. The van der Waals surface area contributed by atoms with Crippen LogP contribution in [0.1, 0.15) is 33.6 Å². The molecule has 0 amide bonds. The third-order valence-electron chi connectivity index (χ3n) is 2.95. The summed E-state index contributed by atoms with van der Waals surface area (Å²) in [5.74, 6) is 1.44. The monoisotopic (exact) mass is 248 g/mol. The van der Waals surface area contributed by atoms with Crippen molar-refractivity contribution in [2.75, 3.05) is 17.2 Å². The standard InChI is InChI=1S/C12H20N6/c1-4-8(5-2)16-11-9-10(15-7-14-9)17-12(18-11)13-6-3/h7-8H,4-6H2,1-3H3,(H3,13,14,15,16,17,18). The molecule has 0 radical (unpaired) electrons. The number of H-pyrrole nitrogens is 1. The van der Waals surface area contributed by atoms with Gasteiger partial charge in [-0.05, 0) is 19.8 Å². The first kappa shape index (κ1) is 12.6. The molecule has 0 aliphatic rings. The van der Waals surface area contributed by atoms with E-state index >= 15 is 0 Å². The van der Waals surface area contributed by atoms with Crippen molar-refractivity contribution >= 4 is 22.9 Å². The van der Waals surface area contributed by atoms with E-state index in [0.717, 1.165) is 30.7 Å². The molecule has 0 atom stereocenters. The van der Waals surface area contributed by atoms with E-state index in [0.29, 0.717) is 17.6 Å². The van der Waals surface area contributed by atoms with Crippen LogP contribution in [0.15, 0.2) is 6.33 Å². The van der Waals surface area contributed by atoms with Crippen LogP contribution in [-0.4, -0.2) is 32.5 Å². The Balaban J connectivity index is 2.36. The van der Waals surface area contributed by atoms with E-state index in [9.17, 15) is 0 Å². The molecule has 0 bridgehead atoms. The van der Waals surface area contributed by atoms with E-state index in [2.05, 4.69) is 44.4 Å². The van der Waals surface area contributed by atoms with Gasteiger partial charge >= 0.3 is 0 Å². The first-order valence-corrected chi connectivity index (χ1v) is 6.49. The Labute approximate surface area is 107 Å². The molecule has 0 fully saturated rings. The summed E-state index contributed by atoms with van der Waals surface area (Å²) < 4.78 is 0. The second-order valence-corrected chi connectivity index (χ2v) is 4.19. The lowest BCUT2D eigenvalue weighted by Crippen LogP contribution is -2.19. The Hall–Kier alpha value is -1.85. The van der Waals surface area contributed by atoms with Crippen molar-refractivity contribution in [2.45, 2.75) is 39.7 Å². The number of nitrogens with zero attached hydrogens (tertiary/aromatic N) is 3. The quantitative estimate of drug-likeness (QED) is 0.731. The summed E-state index contributed by atoms with van der Waals surface area (Å²) in [5.41, 5.74) is 1.55. The van der Waals surface area contributed by atoms with Crippen molar-refractivity contribution in [1.82, 2.24) is 19.9 Å². The van der Waals surface area contributed by atoms with Gasteiger partial charge in [-0.25, -0.2) is 4.98 Å². The van der Waals surface area contributed by atoms with E-state index in [4.69, 9.17) is 0 Å². The average molecular weight is 248 g/mol. The van der Waals surface area contributed by atoms with Gasteiger partial charge in [-0.2, -0.15) is 9.97 Å². The summed E-state index contributed by atoms with van der Waals surface area (Å²) in [6, 6.07) is 0.417. The van der Waals surface area contributed by atoms with E-state index in [1.807, 2.05) is 6.92 Å². The first-order valence-electron chi connectivity index (χ1n) is 6.49. The van der Waals surface area contributed by atoms with Crippen molar-refractivity contribution in [3.8, 4) is 0 Å². The van der Waals surface area contributed by atoms with E-state index in [1.165, 1.54) is 0 Å². The minimum atomic E-state index is 0.417.